The molecule has 3 atom stereocenters. The lowest BCUT2D eigenvalue weighted by atomic mass is 9.83. The van der Waals surface area contributed by atoms with Crippen molar-refractivity contribution >= 4 is 27.4 Å². The third-order valence-corrected chi connectivity index (χ3v) is 8.85. The first-order valence-corrected chi connectivity index (χ1v) is 14.1. The molecule has 4 rings (SSSR count). The maximum Gasteiger partial charge on any atom is 0.401 e. The van der Waals surface area contributed by atoms with E-state index in [0.29, 0.717) is 5.75 Å². The van der Waals surface area contributed by atoms with Crippen molar-refractivity contribution in [3.8, 4) is 16.2 Å². The van der Waals surface area contributed by atoms with E-state index < -0.39 is 29.8 Å². The van der Waals surface area contributed by atoms with Crippen LogP contribution in [0.2, 0.25) is 0 Å². The normalized spacial score (nSPS) is 21.5. The molecule has 0 N–H and O–H groups in total. The van der Waals surface area contributed by atoms with E-state index in [9.17, 15) is 18.0 Å². The van der Waals surface area contributed by atoms with E-state index in [1.54, 1.807) is 17.4 Å². The number of benzene rings is 2. The number of hydrogen-bond donors (Lipinski definition) is 0. The van der Waals surface area contributed by atoms with Crippen LogP contribution in [0.1, 0.15) is 64.0 Å². The fourth-order valence-electron chi connectivity index (χ4n) is 5.32. The summed E-state index contributed by atoms with van der Waals surface area (Å²) < 4.78 is 54.7. The molecule has 1 aliphatic carbocycles. The molecule has 3 aromatic rings. The Labute approximate surface area is 226 Å². The Kier molecular flexibility index (Phi) is 8.55. The smallest absolute Gasteiger partial charge is 0.401 e. The molecule has 0 aliphatic heterocycles. The van der Waals surface area contributed by atoms with Crippen LogP contribution in [0.25, 0.3) is 20.5 Å². The quantitative estimate of drug-likeness (QED) is 0.145. The van der Waals surface area contributed by atoms with Gasteiger partial charge in [0.25, 0.3) is 0 Å². The first-order valence-electron chi connectivity index (χ1n) is 13.3. The van der Waals surface area contributed by atoms with Crippen LogP contribution < -0.4 is 4.74 Å². The predicted molar refractivity (Wildman–Crippen MR) is 148 cm³/mol. The Morgan fingerprint density at radius 2 is 1.87 bits per heavy atom. The minimum absolute atomic E-state index is 0.0693. The van der Waals surface area contributed by atoms with Gasteiger partial charge in [-0.05, 0) is 85.4 Å². The van der Waals surface area contributed by atoms with Crippen LogP contribution in [0.15, 0.2) is 55.1 Å². The maximum atomic E-state index is 14.2. The van der Waals surface area contributed by atoms with Crippen molar-refractivity contribution in [2.75, 3.05) is 0 Å². The molecule has 1 aromatic heterocycles. The number of halogens is 3. The number of alkyl halides is 3. The van der Waals surface area contributed by atoms with Gasteiger partial charge in [-0.1, -0.05) is 51.5 Å². The van der Waals surface area contributed by atoms with Crippen LogP contribution in [-0.2, 0) is 22.4 Å². The minimum atomic E-state index is -4.61. The predicted octanol–water partition coefficient (Wildman–Crippen LogP) is 9.07. The summed E-state index contributed by atoms with van der Waals surface area (Å²) in [5.74, 6) is -0.483. The van der Waals surface area contributed by atoms with Gasteiger partial charge in [0.05, 0.1) is 0 Å². The van der Waals surface area contributed by atoms with Crippen molar-refractivity contribution < 1.29 is 27.4 Å². The van der Waals surface area contributed by atoms with Crippen molar-refractivity contribution in [2.24, 2.45) is 5.41 Å². The number of fused-ring (bicyclic) bond motifs is 1. The summed E-state index contributed by atoms with van der Waals surface area (Å²) in [4.78, 5) is 12.8. The van der Waals surface area contributed by atoms with Crippen LogP contribution in [0.5, 0.6) is 5.75 Å². The number of thiophene rings is 1. The largest absolute Gasteiger partial charge is 0.489 e. The number of carbonyl (C=O) groups is 1. The van der Waals surface area contributed by atoms with E-state index in [2.05, 4.69) is 44.7 Å². The molecule has 3 nitrogen and oxygen atoms in total. The van der Waals surface area contributed by atoms with Gasteiger partial charge in [-0.3, -0.25) is 0 Å². The second kappa shape index (κ2) is 11.5. The molecule has 0 radical (unpaired) electrons. The van der Waals surface area contributed by atoms with E-state index in [-0.39, 0.29) is 12.8 Å². The van der Waals surface area contributed by atoms with Gasteiger partial charge < -0.3 is 9.47 Å². The molecule has 1 aliphatic rings. The zero-order chi connectivity index (χ0) is 27.5. The molecule has 0 spiro atoms. The summed E-state index contributed by atoms with van der Waals surface area (Å²) >= 11 is 1.61. The lowest BCUT2D eigenvalue weighted by molar-refractivity contribution is -0.262. The zero-order valence-electron chi connectivity index (χ0n) is 22.2. The summed E-state index contributed by atoms with van der Waals surface area (Å²) in [7, 11) is 0. The van der Waals surface area contributed by atoms with Crippen LogP contribution in [0.3, 0.4) is 0 Å². The van der Waals surface area contributed by atoms with Crippen molar-refractivity contribution in [1.82, 2.24) is 0 Å². The van der Waals surface area contributed by atoms with Gasteiger partial charge >= 0.3 is 12.1 Å². The molecule has 3 unspecified atom stereocenters. The average Bonchev–Trinajstić information content (AvgIpc) is 3.45. The summed E-state index contributed by atoms with van der Waals surface area (Å²) in [5, 5.41) is 1.02. The molecule has 1 saturated carbocycles. The van der Waals surface area contributed by atoms with Gasteiger partial charge in [-0.15, -0.1) is 11.3 Å². The van der Waals surface area contributed by atoms with Gasteiger partial charge in [0.2, 0.25) is 0 Å². The number of ether oxygens (including phenoxy) is 2. The van der Waals surface area contributed by atoms with Crippen molar-refractivity contribution in [1.29, 1.82) is 0 Å². The second-order valence-corrected chi connectivity index (χ2v) is 11.3. The van der Waals surface area contributed by atoms with E-state index in [1.807, 2.05) is 12.1 Å². The molecule has 1 fully saturated rings. The Bertz CT molecular complexity index is 1300. The van der Waals surface area contributed by atoms with Crippen molar-refractivity contribution in [3.05, 3.63) is 66.2 Å². The average molecular weight is 545 g/mol. The van der Waals surface area contributed by atoms with Gasteiger partial charge in [-0.2, -0.15) is 13.2 Å². The lowest BCUT2D eigenvalue weighted by Gasteiger charge is -2.37. The van der Waals surface area contributed by atoms with Crippen LogP contribution in [0, 0.1) is 5.41 Å². The topological polar surface area (TPSA) is 35.5 Å². The third-order valence-electron chi connectivity index (χ3n) is 7.72. The van der Waals surface area contributed by atoms with Crippen LogP contribution in [0.4, 0.5) is 13.2 Å². The third kappa shape index (κ3) is 5.63. The highest BCUT2D eigenvalue weighted by molar-refractivity contribution is 7.22. The Morgan fingerprint density at radius 1 is 1.11 bits per heavy atom. The minimum Gasteiger partial charge on any atom is -0.489 e. The van der Waals surface area contributed by atoms with Gasteiger partial charge in [0.1, 0.15) is 23.4 Å². The number of carbonyl (C=O) groups excluding carboxylic acids is 1. The molecule has 204 valence electrons. The Balaban J connectivity index is 1.58. The fourth-order valence-corrected chi connectivity index (χ4v) is 6.47. The summed E-state index contributed by atoms with van der Waals surface area (Å²) in [6.45, 7) is 8.74. The highest BCUT2D eigenvalue weighted by Crippen LogP contribution is 2.53. The molecule has 7 heteroatoms. The number of rotatable bonds is 10. The molecular weight excluding hydrogens is 509 g/mol. The molecule has 1 heterocycles. The molecule has 0 amide bonds. The van der Waals surface area contributed by atoms with E-state index >= 15 is 0 Å². The lowest BCUT2D eigenvalue weighted by Crippen LogP contribution is -2.51. The van der Waals surface area contributed by atoms with Crippen LogP contribution in [-0.4, -0.2) is 24.4 Å². The first-order chi connectivity index (χ1) is 18.1. The number of aryl methyl sites for hydroxylation is 2. The zero-order valence-corrected chi connectivity index (χ0v) is 23.0. The molecule has 0 bridgehead atoms. The Hall–Kier alpha value is -2.80. The SMILES string of the molecule is C=CC(=O)OC1CCC(Oc2ccc3cc(-c4ccc(CCCCC)cc4CC)sc3c2)C1(C)C(F)(F)F. The monoisotopic (exact) mass is 544 g/mol. The van der Waals surface area contributed by atoms with Crippen molar-refractivity contribution in [3.63, 3.8) is 0 Å². The van der Waals surface area contributed by atoms with Crippen molar-refractivity contribution in [2.45, 2.75) is 84.1 Å². The highest BCUT2D eigenvalue weighted by atomic mass is 32.1. The van der Waals surface area contributed by atoms with Crippen LogP contribution >= 0.6 is 11.3 Å². The fraction of sp³-hybridized carbons (Fsp3) is 0.452. The van der Waals surface area contributed by atoms with Gasteiger partial charge in [0, 0.05) is 15.7 Å². The number of unbranched alkanes of at least 4 members (excludes halogenated alkanes) is 2. The summed E-state index contributed by atoms with van der Waals surface area (Å²) in [6.07, 6.45) is -0.397. The van der Waals surface area contributed by atoms with Gasteiger partial charge in [0.15, 0.2) is 0 Å². The molecule has 0 saturated heterocycles. The second-order valence-electron chi connectivity index (χ2n) is 10.2. The Morgan fingerprint density at radius 3 is 2.55 bits per heavy atom. The maximum absolute atomic E-state index is 14.2. The first kappa shape index (κ1) is 28.2. The number of hydrogen-bond acceptors (Lipinski definition) is 4. The molecule has 38 heavy (non-hydrogen) atoms. The standard InChI is InChI=1S/C31H35F3O3S/c1-5-8-9-10-20-11-14-24(21(6-2)17-20)26-18-22-12-13-23(19-25(22)38-26)36-27-15-16-28(37-29(35)7-3)30(27,4)31(32,33)34/h7,11-14,17-19,27-28H,3,5-6,8-10,15-16H2,1-2,4H3. The molecule has 2 aromatic carbocycles. The molecular formula is C31H35F3O3S. The van der Waals surface area contributed by atoms with E-state index in [4.69, 9.17) is 9.47 Å². The van der Waals surface area contributed by atoms with E-state index in [1.165, 1.54) is 36.0 Å². The summed E-state index contributed by atoms with van der Waals surface area (Å²) in [6, 6.07) is 14.3. The van der Waals surface area contributed by atoms with E-state index in [0.717, 1.165) is 40.8 Å². The number of esters is 1. The van der Waals surface area contributed by atoms with Gasteiger partial charge in [-0.25, -0.2) is 4.79 Å². The summed E-state index contributed by atoms with van der Waals surface area (Å²) in [5.41, 5.74) is 1.53. The highest BCUT2D eigenvalue weighted by Gasteiger charge is 2.66.